The van der Waals surface area contributed by atoms with Gasteiger partial charge in [-0.05, 0) is 41.1 Å². The van der Waals surface area contributed by atoms with Crippen molar-refractivity contribution in [3.63, 3.8) is 0 Å². The van der Waals surface area contributed by atoms with Crippen LogP contribution in [0.3, 0.4) is 0 Å². The van der Waals surface area contributed by atoms with Crippen molar-refractivity contribution in [3.8, 4) is 23.8 Å². The molecule has 2 aromatic carbocycles. The van der Waals surface area contributed by atoms with Crippen molar-refractivity contribution in [2.24, 2.45) is 7.05 Å². The first-order valence-electron chi connectivity index (χ1n) is 7.48. The summed E-state index contributed by atoms with van der Waals surface area (Å²) < 4.78 is 21.5. The maximum Gasteiger partial charge on any atom is 0.368 e. The predicted molar refractivity (Wildman–Crippen MR) is 90.0 cm³/mol. The molecule has 0 bridgehead atoms. The molecule has 25 heavy (non-hydrogen) atoms. The minimum atomic E-state index is -0.405. The molecule has 6 nitrogen and oxygen atoms in total. The van der Waals surface area contributed by atoms with Crippen molar-refractivity contribution in [1.29, 1.82) is 0 Å². The minimum absolute atomic E-state index is 0.0585. The number of nitrogens with zero attached hydrogens (tertiary/aromatic N) is 4. The summed E-state index contributed by atoms with van der Waals surface area (Å²) in [7, 11) is 1.50. The number of aromatic nitrogens is 4. The van der Waals surface area contributed by atoms with Crippen LogP contribution in [0.2, 0.25) is 0 Å². The number of rotatable bonds is 4. The molecular formula is C18H15FN4O2. The van der Waals surface area contributed by atoms with E-state index >= 15 is 0 Å². The van der Waals surface area contributed by atoms with Crippen LogP contribution in [0.15, 0.2) is 41.2 Å². The van der Waals surface area contributed by atoms with Crippen LogP contribution in [0.4, 0.5) is 4.39 Å². The third-order valence-electron chi connectivity index (χ3n) is 3.78. The van der Waals surface area contributed by atoms with Crippen LogP contribution in [0.5, 0.6) is 5.75 Å². The molecule has 3 rings (SSSR count). The summed E-state index contributed by atoms with van der Waals surface area (Å²) in [5.74, 6) is 2.58. The van der Waals surface area contributed by atoms with Crippen molar-refractivity contribution < 1.29 is 9.13 Å². The van der Waals surface area contributed by atoms with Gasteiger partial charge in [-0.25, -0.2) is 9.18 Å². The van der Waals surface area contributed by atoms with Gasteiger partial charge < -0.3 is 4.74 Å². The van der Waals surface area contributed by atoms with E-state index in [2.05, 4.69) is 16.3 Å². The first-order valence-corrected chi connectivity index (χ1v) is 7.48. The largest absolute Gasteiger partial charge is 0.488 e. The average molecular weight is 338 g/mol. The fraction of sp³-hybridized carbons (Fsp3) is 0.167. The highest BCUT2D eigenvalue weighted by Gasteiger charge is 2.15. The number of terminal acetylenes is 1. The van der Waals surface area contributed by atoms with Crippen molar-refractivity contribution in [2.75, 3.05) is 0 Å². The molecule has 1 heterocycles. The smallest absolute Gasteiger partial charge is 0.368 e. The maximum absolute atomic E-state index is 13.4. The van der Waals surface area contributed by atoms with E-state index in [1.54, 1.807) is 24.3 Å². The second-order valence-electron chi connectivity index (χ2n) is 5.44. The first kappa shape index (κ1) is 16.5. The Balaban J connectivity index is 2.03. The molecule has 0 saturated heterocycles. The van der Waals surface area contributed by atoms with E-state index in [4.69, 9.17) is 11.2 Å². The Bertz CT molecular complexity index is 1030. The van der Waals surface area contributed by atoms with Gasteiger partial charge in [0.15, 0.2) is 0 Å². The SMILES string of the molecule is C#Cc1cccc(-n2nnn(C)c2=O)c1COc1cc(F)ccc1C. The van der Waals surface area contributed by atoms with Crippen molar-refractivity contribution in [2.45, 2.75) is 13.5 Å². The Labute approximate surface area is 143 Å². The molecule has 0 radical (unpaired) electrons. The lowest BCUT2D eigenvalue weighted by atomic mass is 10.1. The van der Waals surface area contributed by atoms with E-state index in [9.17, 15) is 9.18 Å². The molecule has 3 aromatic rings. The standard InChI is InChI=1S/C18H15FN4O2/c1-4-13-6-5-7-16(23-18(24)22(3)20-21-23)15(13)11-25-17-10-14(19)9-8-12(17)2/h1,5-10H,11H2,2-3H3. The number of halogens is 1. The van der Waals surface area contributed by atoms with Crippen LogP contribution < -0.4 is 10.4 Å². The zero-order chi connectivity index (χ0) is 18.0. The molecule has 0 amide bonds. The second kappa shape index (κ2) is 6.61. The molecule has 0 aliphatic heterocycles. The van der Waals surface area contributed by atoms with Crippen LogP contribution in [0.25, 0.3) is 5.69 Å². The van der Waals surface area contributed by atoms with E-state index in [-0.39, 0.29) is 6.61 Å². The van der Waals surface area contributed by atoms with Gasteiger partial charge >= 0.3 is 5.69 Å². The van der Waals surface area contributed by atoms with Gasteiger partial charge in [-0.2, -0.15) is 9.36 Å². The van der Waals surface area contributed by atoms with Crippen molar-refractivity contribution in [3.05, 3.63) is 69.4 Å². The van der Waals surface area contributed by atoms with Crippen molar-refractivity contribution >= 4 is 0 Å². The Morgan fingerprint density at radius 1 is 1.28 bits per heavy atom. The lowest BCUT2D eigenvalue weighted by molar-refractivity contribution is 0.301. The third kappa shape index (κ3) is 3.15. The number of aryl methyl sites for hydroxylation is 2. The highest BCUT2D eigenvalue weighted by molar-refractivity contribution is 5.51. The van der Waals surface area contributed by atoms with Gasteiger partial charge in [-0.3, -0.25) is 0 Å². The summed E-state index contributed by atoms with van der Waals surface area (Å²) in [6.07, 6.45) is 5.57. The lowest BCUT2D eigenvalue weighted by Crippen LogP contribution is -2.23. The van der Waals surface area contributed by atoms with Gasteiger partial charge in [0, 0.05) is 24.2 Å². The highest BCUT2D eigenvalue weighted by atomic mass is 19.1. The molecule has 0 aliphatic rings. The summed E-state index contributed by atoms with van der Waals surface area (Å²) in [5.41, 5.74) is 2.01. The lowest BCUT2D eigenvalue weighted by Gasteiger charge is -2.13. The van der Waals surface area contributed by atoms with Crippen LogP contribution in [0.1, 0.15) is 16.7 Å². The average Bonchev–Trinajstić information content (AvgIpc) is 2.94. The fourth-order valence-electron chi connectivity index (χ4n) is 2.40. The van der Waals surface area contributed by atoms with Crippen LogP contribution in [0, 0.1) is 25.1 Å². The molecule has 0 atom stereocenters. The number of hydrogen-bond acceptors (Lipinski definition) is 4. The molecule has 0 fully saturated rings. The number of hydrogen-bond donors (Lipinski definition) is 0. The van der Waals surface area contributed by atoms with Crippen LogP contribution >= 0.6 is 0 Å². The molecule has 0 N–H and O–H groups in total. The van der Waals surface area contributed by atoms with Gasteiger partial charge in [0.05, 0.1) is 5.69 Å². The van der Waals surface area contributed by atoms with E-state index < -0.39 is 11.5 Å². The van der Waals surface area contributed by atoms with E-state index in [0.29, 0.717) is 22.6 Å². The highest BCUT2D eigenvalue weighted by Crippen LogP contribution is 2.23. The zero-order valence-corrected chi connectivity index (χ0v) is 13.7. The number of benzene rings is 2. The Hall–Kier alpha value is -3.40. The molecule has 0 saturated carbocycles. The van der Waals surface area contributed by atoms with E-state index in [1.807, 2.05) is 6.92 Å². The molecular weight excluding hydrogens is 323 g/mol. The summed E-state index contributed by atoms with van der Waals surface area (Å²) in [6.45, 7) is 1.87. The Morgan fingerprint density at radius 3 is 2.76 bits per heavy atom. The normalized spacial score (nSPS) is 10.5. The molecule has 126 valence electrons. The third-order valence-corrected chi connectivity index (χ3v) is 3.78. The number of ether oxygens (including phenoxy) is 1. The van der Waals surface area contributed by atoms with Gasteiger partial charge in [0.2, 0.25) is 0 Å². The second-order valence-corrected chi connectivity index (χ2v) is 5.44. The molecule has 1 aromatic heterocycles. The maximum atomic E-state index is 13.4. The molecule has 0 aliphatic carbocycles. The fourth-order valence-corrected chi connectivity index (χ4v) is 2.40. The predicted octanol–water partition coefficient (Wildman–Crippen LogP) is 1.97. The summed E-state index contributed by atoms with van der Waals surface area (Å²) in [4.78, 5) is 12.2. The monoisotopic (exact) mass is 338 g/mol. The minimum Gasteiger partial charge on any atom is -0.488 e. The number of tetrazole rings is 1. The molecule has 0 spiro atoms. The summed E-state index contributed by atoms with van der Waals surface area (Å²) in [6, 6.07) is 9.47. The topological polar surface area (TPSA) is 61.9 Å². The zero-order valence-electron chi connectivity index (χ0n) is 13.7. The van der Waals surface area contributed by atoms with E-state index in [0.717, 1.165) is 14.9 Å². The van der Waals surface area contributed by atoms with Crippen LogP contribution in [-0.2, 0) is 13.7 Å². The summed E-state index contributed by atoms with van der Waals surface area (Å²) in [5, 5.41) is 7.55. The quantitative estimate of drug-likeness (QED) is 0.683. The van der Waals surface area contributed by atoms with Gasteiger partial charge in [0.1, 0.15) is 18.2 Å². The molecule has 0 unspecified atom stereocenters. The van der Waals surface area contributed by atoms with E-state index in [1.165, 1.54) is 19.2 Å². The van der Waals surface area contributed by atoms with Gasteiger partial charge in [-0.1, -0.05) is 18.1 Å². The van der Waals surface area contributed by atoms with Crippen molar-refractivity contribution in [1.82, 2.24) is 19.8 Å². The Kier molecular flexibility index (Phi) is 4.35. The van der Waals surface area contributed by atoms with Gasteiger partial charge in [0.25, 0.3) is 0 Å². The molecule has 7 heteroatoms. The van der Waals surface area contributed by atoms with Gasteiger partial charge in [-0.15, -0.1) is 6.42 Å². The first-order chi connectivity index (χ1) is 12.0. The summed E-state index contributed by atoms with van der Waals surface area (Å²) >= 11 is 0. The van der Waals surface area contributed by atoms with Crippen LogP contribution in [-0.4, -0.2) is 19.8 Å². The Morgan fingerprint density at radius 2 is 2.08 bits per heavy atom.